The second kappa shape index (κ2) is 10.1. The highest BCUT2D eigenvalue weighted by molar-refractivity contribution is 7.99. The van der Waals surface area contributed by atoms with E-state index in [1.54, 1.807) is 11.8 Å². The maximum atomic E-state index is 14.0. The topological polar surface area (TPSA) is 51.7 Å². The highest BCUT2D eigenvalue weighted by Crippen LogP contribution is 2.42. The van der Waals surface area contributed by atoms with Gasteiger partial charge < -0.3 is 15.1 Å². The van der Waals surface area contributed by atoms with Crippen molar-refractivity contribution >= 4 is 29.0 Å². The fourth-order valence-corrected chi connectivity index (χ4v) is 6.22. The standard InChI is InChI=1S/C25H31F2N5OS/c1-34-25-29-22-14-20(26)21(27)15-23(22)32(25)19-6-12-31(13-7-19)24(33)18-4-10-30(11-5-18)16-17-2-8-28-9-3-17/h2-3,8-9,14-15,18-19,25,29H,4-7,10-13,16H2,1H3. The Bertz CT molecular complexity index is 1010. The molecule has 0 spiro atoms. The number of carbonyl (C=O) groups excluding carboxylic acids is 1. The summed E-state index contributed by atoms with van der Waals surface area (Å²) >= 11 is 1.61. The molecule has 4 heterocycles. The molecule has 0 radical (unpaired) electrons. The predicted molar refractivity (Wildman–Crippen MR) is 132 cm³/mol. The number of pyridine rings is 1. The first-order valence-corrected chi connectivity index (χ1v) is 13.3. The summed E-state index contributed by atoms with van der Waals surface area (Å²) in [5, 5.41) is 3.30. The number of nitrogens with one attached hydrogen (secondary N) is 1. The number of benzene rings is 1. The molecule has 182 valence electrons. The van der Waals surface area contributed by atoms with Crippen molar-refractivity contribution in [2.45, 2.75) is 43.8 Å². The van der Waals surface area contributed by atoms with Crippen LogP contribution in [0.4, 0.5) is 20.2 Å². The van der Waals surface area contributed by atoms with Gasteiger partial charge in [-0.1, -0.05) is 0 Å². The van der Waals surface area contributed by atoms with Gasteiger partial charge in [-0.05, 0) is 62.7 Å². The molecular formula is C25H31F2N5OS. The second-order valence-electron chi connectivity index (χ2n) is 9.39. The third-order valence-electron chi connectivity index (χ3n) is 7.33. The summed E-state index contributed by atoms with van der Waals surface area (Å²) in [7, 11) is 0. The Labute approximate surface area is 203 Å². The van der Waals surface area contributed by atoms with E-state index in [0.717, 1.165) is 45.3 Å². The summed E-state index contributed by atoms with van der Waals surface area (Å²) in [6.07, 6.45) is 9.07. The zero-order chi connectivity index (χ0) is 23.7. The molecular weight excluding hydrogens is 456 g/mol. The average Bonchev–Trinajstić information content (AvgIpc) is 3.22. The molecule has 1 N–H and O–H groups in total. The summed E-state index contributed by atoms with van der Waals surface area (Å²) in [4.78, 5) is 23.9. The number of hydrogen-bond acceptors (Lipinski definition) is 6. The van der Waals surface area contributed by atoms with Gasteiger partial charge in [0, 0.05) is 56.1 Å². The largest absolute Gasteiger partial charge is 0.355 e. The van der Waals surface area contributed by atoms with Gasteiger partial charge in [0.2, 0.25) is 5.91 Å². The molecule has 3 aliphatic rings. The van der Waals surface area contributed by atoms with Crippen LogP contribution in [-0.4, -0.2) is 64.7 Å². The number of amides is 1. The number of nitrogens with zero attached hydrogens (tertiary/aromatic N) is 4. The number of thioether (sulfide) groups is 1. The number of halogens is 2. The van der Waals surface area contributed by atoms with E-state index in [2.05, 4.69) is 20.1 Å². The van der Waals surface area contributed by atoms with Crippen molar-refractivity contribution in [1.29, 1.82) is 0 Å². The van der Waals surface area contributed by atoms with Gasteiger partial charge in [0.15, 0.2) is 11.6 Å². The third kappa shape index (κ3) is 4.73. The van der Waals surface area contributed by atoms with E-state index in [4.69, 9.17) is 0 Å². The Hall–Kier alpha value is -2.39. The molecule has 34 heavy (non-hydrogen) atoms. The maximum absolute atomic E-state index is 14.0. The fourth-order valence-electron chi connectivity index (χ4n) is 5.46. The third-order valence-corrected chi connectivity index (χ3v) is 8.13. The Morgan fingerprint density at radius 1 is 1.06 bits per heavy atom. The minimum Gasteiger partial charge on any atom is -0.355 e. The van der Waals surface area contributed by atoms with Crippen LogP contribution in [0.5, 0.6) is 0 Å². The van der Waals surface area contributed by atoms with Crippen LogP contribution < -0.4 is 10.2 Å². The van der Waals surface area contributed by atoms with Crippen LogP contribution in [-0.2, 0) is 11.3 Å². The van der Waals surface area contributed by atoms with Gasteiger partial charge in [-0.25, -0.2) is 8.78 Å². The smallest absolute Gasteiger partial charge is 0.225 e. The summed E-state index contributed by atoms with van der Waals surface area (Å²) in [6, 6.07) is 6.81. The van der Waals surface area contributed by atoms with Crippen molar-refractivity contribution in [1.82, 2.24) is 14.8 Å². The molecule has 1 unspecified atom stereocenters. The first kappa shape index (κ1) is 23.4. The second-order valence-corrected chi connectivity index (χ2v) is 10.3. The van der Waals surface area contributed by atoms with Crippen LogP contribution in [0.15, 0.2) is 36.7 Å². The predicted octanol–water partition coefficient (Wildman–Crippen LogP) is 4.14. The van der Waals surface area contributed by atoms with Crippen LogP contribution in [0.25, 0.3) is 0 Å². The van der Waals surface area contributed by atoms with Crippen LogP contribution >= 0.6 is 11.8 Å². The van der Waals surface area contributed by atoms with Gasteiger partial charge >= 0.3 is 0 Å². The molecule has 9 heteroatoms. The van der Waals surface area contributed by atoms with Crippen molar-refractivity contribution in [3.8, 4) is 0 Å². The fraction of sp³-hybridized carbons (Fsp3) is 0.520. The van der Waals surface area contributed by atoms with Gasteiger partial charge in [-0.15, -0.1) is 11.8 Å². The van der Waals surface area contributed by atoms with Crippen LogP contribution in [0.3, 0.4) is 0 Å². The lowest BCUT2D eigenvalue weighted by atomic mass is 9.93. The quantitative estimate of drug-likeness (QED) is 0.684. The molecule has 1 atom stereocenters. The molecule has 1 aromatic heterocycles. The van der Waals surface area contributed by atoms with Crippen molar-refractivity contribution in [2.24, 2.45) is 5.92 Å². The van der Waals surface area contributed by atoms with Crippen LogP contribution in [0, 0.1) is 17.6 Å². The average molecular weight is 488 g/mol. The van der Waals surface area contributed by atoms with Crippen LogP contribution in [0.2, 0.25) is 0 Å². The Morgan fingerprint density at radius 2 is 1.74 bits per heavy atom. The molecule has 0 aliphatic carbocycles. The number of rotatable bonds is 5. The molecule has 0 saturated carbocycles. The van der Waals surface area contributed by atoms with E-state index in [9.17, 15) is 13.6 Å². The van der Waals surface area contributed by atoms with Crippen molar-refractivity contribution < 1.29 is 13.6 Å². The van der Waals surface area contributed by atoms with E-state index in [-0.39, 0.29) is 23.4 Å². The van der Waals surface area contributed by atoms with Gasteiger partial charge in [0.05, 0.1) is 11.4 Å². The molecule has 2 aromatic rings. The number of anilines is 2. The SMILES string of the molecule is CSC1Nc2cc(F)c(F)cc2N1C1CCN(C(=O)C2CCN(Cc3ccncc3)CC2)CC1. The normalized spacial score (nSPS) is 22.0. The van der Waals surface area contributed by atoms with E-state index >= 15 is 0 Å². The first-order chi connectivity index (χ1) is 16.5. The van der Waals surface area contributed by atoms with E-state index in [0.29, 0.717) is 24.5 Å². The van der Waals surface area contributed by atoms with Gasteiger partial charge in [-0.3, -0.25) is 14.7 Å². The number of carbonyl (C=O) groups is 1. The van der Waals surface area contributed by atoms with Gasteiger partial charge in [0.1, 0.15) is 5.50 Å². The molecule has 1 aromatic carbocycles. The summed E-state index contributed by atoms with van der Waals surface area (Å²) in [5.41, 5.74) is 2.54. The summed E-state index contributed by atoms with van der Waals surface area (Å²) in [6.45, 7) is 4.18. The highest BCUT2D eigenvalue weighted by Gasteiger charge is 2.38. The van der Waals surface area contributed by atoms with E-state index < -0.39 is 11.6 Å². The number of piperidine rings is 2. The first-order valence-electron chi connectivity index (χ1n) is 12.0. The lowest BCUT2D eigenvalue weighted by molar-refractivity contribution is -0.138. The minimum absolute atomic E-state index is 0.0619. The minimum atomic E-state index is -0.833. The highest BCUT2D eigenvalue weighted by atomic mass is 32.2. The molecule has 1 amide bonds. The van der Waals surface area contributed by atoms with Crippen molar-refractivity contribution in [3.05, 3.63) is 53.9 Å². The number of fused-ring (bicyclic) bond motifs is 1. The zero-order valence-electron chi connectivity index (χ0n) is 19.4. The maximum Gasteiger partial charge on any atom is 0.225 e. The lowest BCUT2D eigenvalue weighted by Crippen LogP contribution is -2.51. The summed E-state index contributed by atoms with van der Waals surface area (Å²) < 4.78 is 27.7. The molecule has 2 saturated heterocycles. The number of aromatic nitrogens is 1. The Kier molecular flexibility index (Phi) is 6.92. The van der Waals surface area contributed by atoms with Crippen molar-refractivity contribution in [2.75, 3.05) is 42.7 Å². The van der Waals surface area contributed by atoms with E-state index in [1.807, 2.05) is 35.7 Å². The van der Waals surface area contributed by atoms with Crippen molar-refractivity contribution in [3.63, 3.8) is 0 Å². The Morgan fingerprint density at radius 3 is 2.41 bits per heavy atom. The molecule has 2 fully saturated rings. The lowest BCUT2D eigenvalue weighted by Gasteiger charge is -2.41. The molecule has 6 nitrogen and oxygen atoms in total. The molecule has 0 bridgehead atoms. The zero-order valence-corrected chi connectivity index (χ0v) is 20.2. The molecule has 5 rings (SSSR count). The molecule has 3 aliphatic heterocycles. The monoisotopic (exact) mass is 487 g/mol. The van der Waals surface area contributed by atoms with E-state index in [1.165, 1.54) is 17.7 Å². The summed E-state index contributed by atoms with van der Waals surface area (Å²) in [5.74, 6) is -1.29. The number of hydrogen-bond donors (Lipinski definition) is 1. The van der Waals surface area contributed by atoms with Gasteiger partial charge in [-0.2, -0.15) is 0 Å². The number of likely N-dealkylation sites (tertiary alicyclic amines) is 2. The van der Waals surface area contributed by atoms with Gasteiger partial charge in [0.25, 0.3) is 0 Å². The van der Waals surface area contributed by atoms with Crippen LogP contribution in [0.1, 0.15) is 31.2 Å². The Balaban J connectivity index is 1.15.